The molecular formula is C7H17NO. The standard InChI is InChI=1S/C7H17NO/c1-3-7(8)4-6(2)5-9/h6-7,9H,3-5,8H2,1-2H3. The van der Waals surface area contributed by atoms with Gasteiger partial charge in [0.05, 0.1) is 0 Å². The van der Waals surface area contributed by atoms with Crippen LogP contribution >= 0.6 is 0 Å². The zero-order valence-electron chi connectivity index (χ0n) is 6.30. The Morgan fingerprint density at radius 2 is 2.11 bits per heavy atom. The van der Waals surface area contributed by atoms with E-state index in [0.29, 0.717) is 5.92 Å². The molecule has 0 saturated carbocycles. The van der Waals surface area contributed by atoms with Gasteiger partial charge >= 0.3 is 0 Å². The van der Waals surface area contributed by atoms with Crippen LogP contribution in [0.1, 0.15) is 26.7 Å². The largest absolute Gasteiger partial charge is 0.396 e. The Bertz CT molecular complexity index is 57.9. The van der Waals surface area contributed by atoms with Crippen LogP contribution in [-0.2, 0) is 0 Å². The van der Waals surface area contributed by atoms with Gasteiger partial charge in [0.25, 0.3) is 0 Å². The first-order valence-electron chi connectivity index (χ1n) is 3.57. The zero-order chi connectivity index (χ0) is 7.28. The average molecular weight is 131 g/mol. The van der Waals surface area contributed by atoms with Crippen LogP contribution in [-0.4, -0.2) is 17.8 Å². The van der Waals surface area contributed by atoms with Crippen molar-refractivity contribution in [3.63, 3.8) is 0 Å². The Balaban J connectivity index is 3.22. The molecule has 0 aromatic rings. The third-order valence-corrected chi connectivity index (χ3v) is 1.54. The monoisotopic (exact) mass is 131 g/mol. The molecule has 0 radical (unpaired) electrons. The molecule has 0 amide bonds. The summed E-state index contributed by atoms with van der Waals surface area (Å²) in [6.07, 6.45) is 1.94. The molecule has 2 heteroatoms. The van der Waals surface area contributed by atoms with Gasteiger partial charge in [0.15, 0.2) is 0 Å². The third-order valence-electron chi connectivity index (χ3n) is 1.54. The first-order valence-corrected chi connectivity index (χ1v) is 3.57. The minimum atomic E-state index is 0.258. The summed E-state index contributed by atoms with van der Waals surface area (Å²) in [6, 6.07) is 0.271. The van der Waals surface area contributed by atoms with Crippen molar-refractivity contribution in [2.75, 3.05) is 6.61 Å². The average Bonchev–Trinajstić information content (AvgIpc) is 1.87. The van der Waals surface area contributed by atoms with Gasteiger partial charge in [-0.1, -0.05) is 13.8 Å². The first-order chi connectivity index (χ1) is 4.20. The minimum absolute atomic E-state index is 0.258. The minimum Gasteiger partial charge on any atom is -0.396 e. The maximum atomic E-state index is 8.62. The number of rotatable bonds is 4. The normalized spacial score (nSPS) is 17.3. The molecule has 0 rings (SSSR count). The first kappa shape index (κ1) is 8.92. The van der Waals surface area contributed by atoms with Crippen LogP contribution in [0, 0.1) is 5.92 Å². The fourth-order valence-corrected chi connectivity index (χ4v) is 0.758. The lowest BCUT2D eigenvalue weighted by molar-refractivity contribution is 0.222. The highest BCUT2D eigenvalue weighted by Gasteiger charge is 2.04. The second-order valence-corrected chi connectivity index (χ2v) is 2.69. The molecule has 0 spiro atoms. The van der Waals surface area contributed by atoms with Gasteiger partial charge in [0.2, 0.25) is 0 Å². The van der Waals surface area contributed by atoms with E-state index in [4.69, 9.17) is 10.8 Å². The number of hydrogen-bond acceptors (Lipinski definition) is 2. The van der Waals surface area contributed by atoms with Crippen LogP contribution in [0.15, 0.2) is 0 Å². The maximum Gasteiger partial charge on any atom is 0.0457 e. The highest BCUT2D eigenvalue weighted by Crippen LogP contribution is 2.04. The van der Waals surface area contributed by atoms with Crippen molar-refractivity contribution in [1.82, 2.24) is 0 Å². The van der Waals surface area contributed by atoms with E-state index in [1.165, 1.54) is 0 Å². The second kappa shape index (κ2) is 4.77. The summed E-state index contributed by atoms with van der Waals surface area (Å²) in [5.41, 5.74) is 5.64. The molecule has 2 atom stereocenters. The van der Waals surface area contributed by atoms with Crippen molar-refractivity contribution in [2.45, 2.75) is 32.7 Å². The lowest BCUT2D eigenvalue weighted by Gasteiger charge is -2.12. The molecule has 0 aliphatic carbocycles. The van der Waals surface area contributed by atoms with Gasteiger partial charge < -0.3 is 10.8 Å². The highest BCUT2D eigenvalue weighted by molar-refractivity contribution is 4.62. The molecule has 56 valence electrons. The van der Waals surface area contributed by atoms with E-state index in [2.05, 4.69) is 6.92 Å². The molecular weight excluding hydrogens is 114 g/mol. The fourth-order valence-electron chi connectivity index (χ4n) is 0.758. The van der Waals surface area contributed by atoms with E-state index < -0.39 is 0 Å². The molecule has 0 aliphatic heterocycles. The van der Waals surface area contributed by atoms with Crippen LogP contribution in [0.4, 0.5) is 0 Å². The van der Waals surface area contributed by atoms with E-state index in [9.17, 15) is 0 Å². The Hall–Kier alpha value is -0.0800. The molecule has 0 bridgehead atoms. The molecule has 0 aromatic carbocycles. The number of aliphatic hydroxyl groups is 1. The highest BCUT2D eigenvalue weighted by atomic mass is 16.3. The molecule has 0 saturated heterocycles. The molecule has 2 nitrogen and oxygen atoms in total. The summed E-state index contributed by atoms with van der Waals surface area (Å²) >= 11 is 0. The van der Waals surface area contributed by atoms with Gasteiger partial charge in [-0.15, -0.1) is 0 Å². The Kier molecular flexibility index (Phi) is 4.72. The predicted molar refractivity (Wildman–Crippen MR) is 39.1 cm³/mol. The smallest absolute Gasteiger partial charge is 0.0457 e. The zero-order valence-corrected chi connectivity index (χ0v) is 6.30. The van der Waals surface area contributed by atoms with Crippen molar-refractivity contribution in [2.24, 2.45) is 11.7 Å². The van der Waals surface area contributed by atoms with E-state index in [1.54, 1.807) is 0 Å². The van der Waals surface area contributed by atoms with Crippen molar-refractivity contribution >= 4 is 0 Å². The van der Waals surface area contributed by atoms with E-state index in [-0.39, 0.29) is 12.6 Å². The SMILES string of the molecule is CCC(N)CC(C)CO. The summed E-state index contributed by atoms with van der Waals surface area (Å²) in [5, 5.41) is 8.62. The van der Waals surface area contributed by atoms with Crippen LogP contribution < -0.4 is 5.73 Å². The van der Waals surface area contributed by atoms with Crippen LogP contribution in [0.2, 0.25) is 0 Å². The van der Waals surface area contributed by atoms with Crippen molar-refractivity contribution in [3.05, 3.63) is 0 Å². The number of aliphatic hydroxyl groups excluding tert-OH is 1. The van der Waals surface area contributed by atoms with E-state index >= 15 is 0 Å². The summed E-state index contributed by atoms with van der Waals surface area (Å²) in [7, 11) is 0. The lowest BCUT2D eigenvalue weighted by atomic mass is 10.0. The second-order valence-electron chi connectivity index (χ2n) is 2.69. The maximum absolute atomic E-state index is 8.62. The van der Waals surface area contributed by atoms with Crippen molar-refractivity contribution in [1.29, 1.82) is 0 Å². The molecule has 3 N–H and O–H groups in total. The van der Waals surface area contributed by atoms with Gasteiger partial charge in [-0.2, -0.15) is 0 Å². The molecule has 2 unspecified atom stereocenters. The lowest BCUT2D eigenvalue weighted by Crippen LogP contribution is -2.22. The number of hydrogen-bond donors (Lipinski definition) is 2. The summed E-state index contributed by atoms with van der Waals surface area (Å²) in [6.45, 7) is 4.33. The molecule has 0 fully saturated rings. The van der Waals surface area contributed by atoms with Crippen LogP contribution in [0.5, 0.6) is 0 Å². The fraction of sp³-hybridized carbons (Fsp3) is 1.00. The van der Waals surface area contributed by atoms with Crippen LogP contribution in [0.3, 0.4) is 0 Å². The van der Waals surface area contributed by atoms with Gasteiger partial charge in [-0.3, -0.25) is 0 Å². The third kappa shape index (κ3) is 4.43. The van der Waals surface area contributed by atoms with E-state index in [0.717, 1.165) is 12.8 Å². The summed E-state index contributed by atoms with van der Waals surface area (Å²) < 4.78 is 0. The quantitative estimate of drug-likeness (QED) is 0.591. The summed E-state index contributed by atoms with van der Waals surface area (Å²) in [5.74, 6) is 0.361. The predicted octanol–water partition coefficient (Wildman–Crippen LogP) is 0.742. The molecule has 9 heavy (non-hydrogen) atoms. The van der Waals surface area contributed by atoms with Crippen molar-refractivity contribution < 1.29 is 5.11 Å². The summed E-state index contributed by atoms with van der Waals surface area (Å²) in [4.78, 5) is 0. The molecule has 0 heterocycles. The van der Waals surface area contributed by atoms with Gasteiger partial charge in [0, 0.05) is 12.6 Å². The molecule has 0 aromatic heterocycles. The van der Waals surface area contributed by atoms with Gasteiger partial charge in [-0.25, -0.2) is 0 Å². The Morgan fingerprint density at radius 1 is 1.56 bits per heavy atom. The molecule has 0 aliphatic rings. The van der Waals surface area contributed by atoms with Gasteiger partial charge in [0.1, 0.15) is 0 Å². The number of nitrogens with two attached hydrogens (primary N) is 1. The Morgan fingerprint density at radius 3 is 2.44 bits per heavy atom. The Labute approximate surface area is 57.1 Å². The van der Waals surface area contributed by atoms with Crippen LogP contribution in [0.25, 0.3) is 0 Å². The topological polar surface area (TPSA) is 46.2 Å². The van der Waals surface area contributed by atoms with Gasteiger partial charge in [-0.05, 0) is 18.8 Å². The van der Waals surface area contributed by atoms with E-state index in [1.807, 2.05) is 6.92 Å². The van der Waals surface area contributed by atoms with Crippen molar-refractivity contribution in [3.8, 4) is 0 Å².